The van der Waals surface area contributed by atoms with E-state index in [0.29, 0.717) is 17.2 Å². The van der Waals surface area contributed by atoms with E-state index in [1.165, 1.54) is 18.3 Å². The molecule has 0 spiro atoms. The Morgan fingerprint density at radius 1 is 1.12 bits per heavy atom. The summed E-state index contributed by atoms with van der Waals surface area (Å²) in [6.45, 7) is 1.67. The van der Waals surface area contributed by atoms with Crippen molar-refractivity contribution in [1.82, 2.24) is 4.98 Å². The van der Waals surface area contributed by atoms with Crippen molar-refractivity contribution in [2.75, 3.05) is 0 Å². The van der Waals surface area contributed by atoms with Crippen molar-refractivity contribution in [3.8, 4) is 11.3 Å². The van der Waals surface area contributed by atoms with Crippen LogP contribution in [0.4, 0.5) is 13.2 Å². The molecule has 0 atom stereocenters. The van der Waals surface area contributed by atoms with Gasteiger partial charge in [0.15, 0.2) is 11.7 Å². The van der Waals surface area contributed by atoms with Crippen molar-refractivity contribution in [3.05, 3.63) is 41.9 Å². The van der Waals surface area contributed by atoms with Gasteiger partial charge in [0.05, 0.1) is 11.8 Å². The third-order valence-electron chi connectivity index (χ3n) is 2.12. The van der Waals surface area contributed by atoms with E-state index in [1.54, 1.807) is 6.92 Å². The molecule has 2 aromatic rings. The van der Waals surface area contributed by atoms with Gasteiger partial charge in [0.2, 0.25) is 0 Å². The zero-order chi connectivity index (χ0) is 11.8. The lowest BCUT2D eigenvalue weighted by Gasteiger charge is -2.06. The molecule has 0 aliphatic heterocycles. The summed E-state index contributed by atoms with van der Waals surface area (Å²) >= 11 is 0. The van der Waals surface area contributed by atoms with Gasteiger partial charge in [-0.15, -0.1) is 0 Å². The first-order chi connectivity index (χ1) is 7.47. The highest BCUT2D eigenvalue weighted by molar-refractivity contribution is 5.56. The predicted molar refractivity (Wildman–Crippen MR) is 51.7 cm³/mol. The largest absolute Gasteiger partial charge is 0.441 e. The van der Waals surface area contributed by atoms with E-state index in [-0.39, 0.29) is 0 Å². The number of aryl methyl sites for hydroxylation is 1. The number of halogens is 3. The number of benzene rings is 1. The second-order valence-electron chi connectivity index (χ2n) is 3.32. The number of hydrogen-bond acceptors (Lipinski definition) is 2. The third kappa shape index (κ3) is 2.08. The first-order valence-corrected chi connectivity index (χ1v) is 4.57. The number of hydrogen-bond donors (Lipinski definition) is 0. The zero-order valence-corrected chi connectivity index (χ0v) is 8.38. The Morgan fingerprint density at radius 3 is 2.19 bits per heavy atom. The molecule has 2 nitrogen and oxygen atoms in total. The van der Waals surface area contributed by atoms with Crippen LogP contribution in [0.5, 0.6) is 0 Å². The summed E-state index contributed by atoms with van der Waals surface area (Å²) in [5.41, 5.74) is -0.0962. The van der Waals surface area contributed by atoms with Gasteiger partial charge in [-0.1, -0.05) is 12.1 Å². The van der Waals surface area contributed by atoms with E-state index < -0.39 is 11.7 Å². The van der Waals surface area contributed by atoms with Gasteiger partial charge in [-0.05, 0) is 12.1 Å². The highest BCUT2D eigenvalue weighted by Crippen LogP contribution is 2.30. The first kappa shape index (κ1) is 10.7. The SMILES string of the molecule is Cc1ncc(-c2ccc(C(F)(F)F)cc2)o1. The summed E-state index contributed by atoms with van der Waals surface area (Å²) < 4.78 is 42.1. The summed E-state index contributed by atoms with van der Waals surface area (Å²) in [5, 5.41) is 0. The van der Waals surface area contributed by atoms with Gasteiger partial charge in [0, 0.05) is 12.5 Å². The second kappa shape index (κ2) is 3.66. The minimum absolute atomic E-state index is 0.464. The Labute approximate surface area is 89.7 Å². The molecule has 0 saturated carbocycles. The van der Waals surface area contributed by atoms with Crippen LogP contribution in [0.2, 0.25) is 0 Å². The maximum Gasteiger partial charge on any atom is 0.416 e. The molecule has 0 saturated heterocycles. The summed E-state index contributed by atoms with van der Waals surface area (Å²) in [4.78, 5) is 3.88. The number of rotatable bonds is 1. The van der Waals surface area contributed by atoms with Crippen LogP contribution in [-0.2, 0) is 6.18 Å². The monoisotopic (exact) mass is 227 g/mol. The fourth-order valence-electron chi connectivity index (χ4n) is 1.32. The Balaban J connectivity index is 2.33. The molecular formula is C11H8F3NO. The standard InChI is InChI=1S/C11H8F3NO/c1-7-15-6-10(16-7)8-2-4-9(5-3-8)11(12,13)14/h2-6H,1H3. The Bertz CT molecular complexity index is 485. The Morgan fingerprint density at radius 2 is 1.75 bits per heavy atom. The number of oxazole rings is 1. The zero-order valence-electron chi connectivity index (χ0n) is 8.38. The van der Waals surface area contributed by atoms with Crippen LogP contribution in [-0.4, -0.2) is 4.98 Å². The van der Waals surface area contributed by atoms with Crippen molar-refractivity contribution in [2.24, 2.45) is 0 Å². The molecule has 16 heavy (non-hydrogen) atoms. The van der Waals surface area contributed by atoms with E-state index in [9.17, 15) is 13.2 Å². The highest BCUT2D eigenvalue weighted by atomic mass is 19.4. The van der Waals surface area contributed by atoms with Crippen molar-refractivity contribution in [2.45, 2.75) is 13.1 Å². The third-order valence-corrected chi connectivity index (χ3v) is 2.12. The van der Waals surface area contributed by atoms with E-state index in [4.69, 9.17) is 4.42 Å². The predicted octanol–water partition coefficient (Wildman–Crippen LogP) is 3.67. The van der Waals surface area contributed by atoms with Crippen LogP contribution < -0.4 is 0 Å². The summed E-state index contributed by atoms with van der Waals surface area (Å²) in [7, 11) is 0. The molecule has 0 aliphatic rings. The molecule has 5 heteroatoms. The molecule has 0 N–H and O–H groups in total. The van der Waals surface area contributed by atoms with Gasteiger partial charge in [-0.25, -0.2) is 4.98 Å². The average Bonchev–Trinajstić information content (AvgIpc) is 2.64. The number of nitrogens with zero attached hydrogens (tertiary/aromatic N) is 1. The van der Waals surface area contributed by atoms with Gasteiger partial charge >= 0.3 is 6.18 Å². The number of alkyl halides is 3. The van der Waals surface area contributed by atoms with Crippen LogP contribution in [0, 0.1) is 6.92 Å². The summed E-state index contributed by atoms with van der Waals surface area (Å²) in [5.74, 6) is 0.945. The minimum atomic E-state index is -4.31. The second-order valence-corrected chi connectivity index (χ2v) is 3.32. The average molecular weight is 227 g/mol. The smallest absolute Gasteiger partial charge is 0.416 e. The lowest BCUT2D eigenvalue weighted by Crippen LogP contribution is -2.03. The van der Waals surface area contributed by atoms with E-state index in [0.717, 1.165) is 12.1 Å². The summed E-state index contributed by atoms with van der Waals surface area (Å²) in [6.07, 6.45) is -2.83. The topological polar surface area (TPSA) is 26.0 Å². The van der Waals surface area contributed by atoms with Gasteiger partial charge in [-0.2, -0.15) is 13.2 Å². The van der Waals surface area contributed by atoms with Gasteiger partial charge in [0.1, 0.15) is 0 Å². The molecule has 0 amide bonds. The van der Waals surface area contributed by atoms with Crippen molar-refractivity contribution < 1.29 is 17.6 Å². The molecule has 2 rings (SSSR count). The van der Waals surface area contributed by atoms with Gasteiger partial charge < -0.3 is 4.42 Å². The molecule has 1 aromatic carbocycles. The van der Waals surface area contributed by atoms with Crippen LogP contribution in [0.25, 0.3) is 11.3 Å². The van der Waals surface area contributed by atoms with Gasteiger partial charge in [0.25, 0.3) is 0 Å². The van der Waals surface area contributed by atoms with Crippen LogP contribution in [0.3, 0.4) is 0 Å². The molecule has 0 unspecified atom stereocenters. The first-order valence-electron chi connectivity index (χ1n) is 4.57. The van der Waals surface area contributed by atoms with E-state index >= 15 is 0 Å². The molecule has 1 aromatic heterocycles. The molecule has 1 heterocycles. The van der Waals surface area contributed by atoms with Crippen LogP contribution in [0.1, 0.15) is 11.5 Å². The fourth-order valence-corrected chi connectivity index (χ4v) is 1.32. The number of aromatic nitrogens is 1. The summed E-state index contributed by atoms with van der Waals surface area (Å²) in [6, 6.07) is 4.77. The molecule has 0 bridgehead atoms. The fraction of sp³-hybridized carbons (Fsp3) is 0.182. The molecule has 0 fully saturated rings. The van der Waals surface area contributed by atoms with E-state index in [2.05, 4.69) is 4.98 Å². The maximum atomic E-state index is 12.3. The Hall–Kier alpha value is -1.78. The van der Waals surface area contributed by atoms with Crippen LogP contribution in [0.15, 0.2) is 34.9 Å². The van der Waals surface area contributed by atoms with Crippen molar-refractivity contribution >= 4 is 0 Å². The van der Waals surface area contributed by atoms with Crippen LogP contribution >= 0.6 is 0 Å². The normalized spacial score (nSPS) is 11.8. The molecule has 84 valence electrons. The lowest BCUT2D eigenvalue weighted by atomic mass is 10.1. The molecule has 0 radical (unpaired) electrons. The van der Waals surface area contributed by atoms with Crippen molar-refractivity contribution in [3.63, 3.8) is 0 Å². The van der Waals surface area contributed by atoms with Gasteiger partial charge in [-0.3, -0.25) is 0 Å². The van der Waals surface area contributed by atoms with E-state index in [1.807, 2.05) is 0 Å². The molecular weight excluding hydrogens is 219 g/mol. The lowest BCUT2D eigenvalue weighted by molar-refractivity contribution is -0.137. The van der Waals surface area contributed by atoms with Crippen molar-refractivity contribution in [1.29, 1.82) is 0 Å². The quantitative estimate of drug-likeness (QED) is 0.742. The maximum absolute atomic E-state index is 12.3. The minimum Gasteiger partial charge on any atom is -0.441 e. The highest BCUT2D eigenvalue weighted by Gasteiger charge is 2.30. The Kier molecular flexibility index (Phi) is 2.46. The molecule has 0 aliphatic carbocycles.